The Kier molecular flexibility index (Phi) is 11.2. The molecule has 242 valence electrons. The third kappa shape index (κ3) is 8.90. The first kappa shape index (κ1) is 35.0. The van der Waals surface area contributed by atoms with Crippen LogP contribution in [0.4, 0.5) is 5.69 Å². The molecule has 4 aromatic carbocycles. The summed E-state index contributed by atoms with van der Waals surface area (Å²) < 4.78 is 29.4. The standard InChI is InChI=1S/C36H39Cl2N3O4S/c1-25-14-18-28(19-15-25)23-40(32(35(43)39-36(3,4)5)22-27-10-7-6-8-11-27)33(42)24-41(31-13-9-12-30(37)34(31)38)46(44,45)29-20-16-26(2)17-21-29/h6-21,32H,22-24H2,1-5H3,(H,39,43)/t32-/m0/s1. The second kappa shape index (κ2) is 14.7. The Balaban J connectivity index is 1.84. The minimum absolute atomic E-state index is 0.0101. The van der Waals surface area contributed by atoms with E-state index < -0.39 is 34.1 Å². The molecular weight excluding hydrogens is 641 g/mol. The van der Waals surface area contributed by atoms with Gasteiger partial charge in [0.15, 0.2) is 0 Å². The quantitative estimate of drug-likeness (QED) is 0.179. The van der Waals surface area contributed by atoms with Crippen molar-refractivity contribution in [3.05, 3.63) is 129 Å². The van der Waals surface area contributed by atoms with Crippen molar-refractivity contribution in [3.63, 3.8) is 0 Å². The van der Waals surface area contributed by atoms with Crippen LogP contribution in [0.25, 0.3) is 0 Å². The van der Waals surface area contributed by atoms with Crippen molar-refractivity contribution in [3.8, 4) is 0 Å². The number of anilines is 1. The fraction of sp³-hybridized carbons (Fsp3) is 0.278. The van der Waals surface area contributed by atoms with Gasteiger partial charge in [0.1, 0.15) is 12.6 Å². The van der Waals surface area contributed by atoms with Crippen LogP contribution in [-0.4, -0.2) is 43.3 Å². The van der Waals surface area contributed by atoms with Crippen LogP contribution in [0.15, 0.2) is 102 Å². The highest BCUT2D eigenvalue weighted by atomic mass is 35.5. The number of halogens is 2. The van der Waals surface area contributed by atoms with E-state index in [0.29, 0.717) is 0 Å². The molecule has 46 heavy (non-hydrogen) atoms. The molecule has 0 aromatic heterocycles. The summed E-state index contributed by atoms with van der Waals surface area (Å²) in [5, 5.41) is 3.16. The zero-order valence-electron chi connectivity index (χ0n) is 26.6. The minimum Gasteiger partial charge on any atom is -0.350 e. The van der Waals surface area contributed by atoms with Crippen molar-refractivity contribution < 1.29 is 18.0 Å². The van der Waals surface area contributed by atoms with Gasteiger partial charge in [-0.25, -0.2) is 8.42 Å². The molecule has 10 heteroatoms. The van der Waals surface area contributed by atoms with Gasteiger partial charge in [0.05, 0.1) is 20.6 Å². The number of nitrogens with one attached hydrogen (secondary N) is 1. The highest BCUT2D eigenvalue weighted by Crippen LogP contribution is 2.35. The first-order valence-corrected chi connectivity index (χ1v) is 17.1. The van der Waals surface area contributed by atoms with E-state index in [-0.39, 0.29) is 39.5 Å². The number of carbonyl (C=O) groups is 2. The molecule has 1 atom stereocenters. The van der Waals surface area contributed by atoms with Gasteiger partial charge in [0.2, 0.25) is 11.8 Å². The maximum absolute atomic E-state index is 14.6. The molecule has 1 N–H and O–H groups in total. The Hall–Kier alpha value is -3.85. The van der Waals surface area contributed by atoms with Crippen LogP contribution < -0.4 is 9.62 Å². The van der Waals surface area contributed by atoms with Crippen molar-refractivity contribution in [1.82, 2.24) is 10.2 Å². The number of amides is 2. The summed E-state index contributed by atoms with van der Waals surface area (Å²) in [5.41, 5.74) is 3.02. The lowest BCUT2D eigenvalue weighted by molar-refractivity contribution is -0.140. The number of aryl methyl sites for hydroxylation is 2. The first-order chi connectivity index (χ1) is 21.7. The van der Waals surface area contributed by atoms with Gasteiger partial charge in [-0.2, -0.15) is 0 Å². The van der Waals surface area contributed by atoms with Crippen molar-refractivity contribution in [2.24, 2.45) is 0 Å². The van der Waals surface area contributed by atoms with E-state index >= 15 is 0 Å². The lowest BCUT2D eigenvalue weighted by atomic mass is 10.0. The smallest absolute Gasteiger partial charge is 0.264 e. The van der Waals surface area contributed by atoms with Gasteiger partial charge in [-0.3, -0.25) is 13.9 Å². The van der Waals surface area contributed by atoms with Gasteiger partial charge in [0.25, 0.3) is 10.0 Å². The third-order valence-corrected chi connectivity index (χ3v) is 9.91. The summed E-state index contributed by atoms with van der Waals surface area (Å²) in [5.74, 6) is -0.942. The van der Waals surface area contributed by atoms with Gasteiger partial charge in [0, 0.05) is 18.5 Å². The molecule has 4 rings (SSSR count). The Morgan fingerprint density at radius 2 is 1.37 bits per heavy atom. The Labute approximate surface area is 282 Å². The summed E-state index contributed by atoms with van der Waals surface area (Å²) in [6, 6.07) is 27.1. The summed E-state index contributed by atoms with van der Waals surface area (Å²) in [6.45, 7) is 8.86. The predicted molar refractivity (Wildman–Crippen MR) is 186 cm³/mol. The first-order valence-electron chi connectivity index (χ1n) is 14.9. The van der Waals surface area contributed by atoms with Gasteiger partial charge >= 0.3 is 0 Å². The topological polar surface area (TPSA) is 86.8 Å². The van der Waals surface area contributed by atoms with Crippen LogP contribution in [0.5, 0.6) is 0 Å². The molecule has 4 aromatic rings. The molecule has 0 radical (unpaired) electrons. The number of sulfonamides is 1. The SMILES string of the molecule is Cc1ccc(CN(C(=O)CN(c2cccc(Cl)c2Cl)S(=O)(=O)c2ccc(C)cc2)[C@@H](Cc2ccccc2)C(=O)NC(C)(C)C)cc1. The third-order valence-electron chi connectivity index (χ3n) is 7.33. The van der Waals surface area contributed by atoms with Crippen LogP contribution in [0, 0.1) is 13.8 Å². The lowest BCUT2D eigenvalue weighted by Crippen LogP contribution is -2.56. The molecule has 0 saturated carbocycles. The van der Waals surface area contributed by atoms with Crippen molar-refractivity contribution in [2.75, 3.05) is 10.8 Å². The second-order valence-electron chi connectivity index (χ2n) is 12.3. The molecule has 2 amide bonds. The second-order valence-corrected chi connectivity index (χ2v) is 15.0. The van der Waals surface area contributed by atoms with E-state index in [1.807, 2.05) is 89.2 Å². The summed E-state index contributed by atoms with van der Waals surface area (Å²) in [6.07, 6.45) is 0.211. The average Bonchev–Trinajstić information content (AvgIpc) is 3.00. The van der Waals surface area contributed by atoms with Crippen LogP contribution in [0.2, 0.25) is 10.0 Å². The molecule has 0 aliphatic heterocycles. The van der Waals surface area contributed by atoms with E-state index in [2.05, 4.69) is 5.32 Å². The zero-order valence-corrected chi connectivity index (χ0v) is 29.0. The van der Waals surface area contributed by atoms with Crippen molar-refractivity contribution >= 4 is 50.7 Å². The number of carbonyl (C=O) groups excluding carboxylic acids is 2. The van der Waals surface area contributed by atoms with E-state index in [0.717, 1.165) is 26.6 Å². The number of nitrogens with zero attached hydrogens (tertiary/aromatic N) is 2. The highest BCUT2D eigenvalue weighted by molar-refractivity contribution is 7.92. The van der Waals surface area contributed by atoms with Crippen molar-refractivity contribution in [2.45, 2.75) is 64.1 Å². The van der Waals surface area contributed by atoms with Gasteiger partial charge < -0.3 is 10.2 Å². The van der Waals surface area contributed by atoms with Crippen LogP contribution in [0.3, 0.4) is 0 Å². The molecule has 0 heterocycles. The van der Waals surface area contributed by atoms with E-state index in [4.69, 9.17) is 23.2 Å². The predicted octanol–water partition coefficient (Wildman–Crippen LogP) is 7.36. The Morgan fingerprint density at radius 1 is 0.783 bits per heavy atom. The normalized spacial score (nSPS) is 12.3. The van der Waals surface area contributed by atoms with E-state index in [9.17, 15) is 18.0 Å². The average molecular weight is 681 g/mol. The number of hydrogen-bond donors (Lipinski definition) is 1. The fourth-order valence-corrected chi connectivity index (χ4v) is 6.81. The fourth-order valence-electron chi connectivity index (χ4n) is 4.93. The van der Waals surface area contributed by atoms with Gasteiger partial charge in [-0.1, -0.05) is 107 Å². The Morgan fingerprint density at radius 3 is 1.96 bits per heavy atom. The molecule has 0 saturated heterocycles. The molecule has 0 aliphatic rings. The maximum Gasteiger partial charge on any atom is 0.264 e. The van der Waals surface area contributed by atoms with E-state index in [1.54, 1.807) is 24.3 Å². The molecule has 0 bridgehead atoms. The number of hydrogen-bond acceptors (Lipinski definition) is 4. The van der Waals surface area contributed by atoms with Gasteiger partial charge in [-0.15, -0.1) is 0 Å². The molecule has 0 aliphatic carbocycles. The molecular formula is C36H39Cl2N3O4S. The largest absolute Gasteiger partial charge is 0.350 e. The molecule has 0 fully saturated rings. The monoisotopic (exact) mass is 679 g/mol. The number of benzene rings is 4. The maximum atomic E-state index is 14.6. The van der Waals surface area contributed by atoms with Crippen LogP contribution >= 0.6 is 23.2 Å². The molecule has 0 spiro atoms. The molecule has 0 unspecified atom stereocenters. The van der Waals surface area contributed by atoms with E-state index in [1.165, 1.54) is 23.1 Å². The lowest BCUT2D eigenvalue weighted by Gasteiger charge is -2.35. The van der Waals surface area contributed by atoms with Crippen molar-refractivity contribution in [1.29, 1.82) is 0 Å². The zero-order chi connectivity index (χ0) is 33.6. The van der Waals surface area contributed by atoms with Crippen LogP contribution in [-0.2, 0) is 32.6 Å². The van der Waals surface area contributed by atoms with Gasteiger partial charge in [-0.05, 0) is 70.0 Å². The summed E-state index contributed by atoms with van der Waals surface area (Å²) in [7, 11) is -4.31. The summed E-state index contributed by atoms with van der Waals surface area (Å²) >= 11 is 12.9. The minimum atomic E-state index is -4.31. The highest BCUT2D eigenvalue weighted by Gasteiger charge is 2.36. The van der Waals surface area contributed by atoms with Crippen LogP contribution in [0.1, 0.15) is 43.0 Å². The summed E-state index contributed by atoms with van der Waals surface area (Å²) in [4.78, 5) is 30.0. The Bertz CT molecular complexity index is 1770. The molecule has 7 nitrogen and oxygen atoms in total. The number of rotatable bonds is 11.